The summed E-state index contributed by atoms with van der Waals surface area (Å²) in [4.78, 5) is 4.43. The number of nitrogens with zero attached hydrogens (tertiary/aromatic N) is 1. The molecule has 0 aliphatic heterocycles. The second-order valence-electron chi connectivity index (χ2n) is 4.28. The Hall–Kier alpha value is -0.600. The van der Waals surface area contributed by atoms with Gasteiger partial charge in [-0.15, -0.1) is 12.4 Å². The summed E-state index contributed by atoms with van der Waals surface area (Å²) in [6.07, 6.45) is 2.19. The predicted octanol–water partition coefficient (Wildman–Crippen LogP) is 3.25. The fraction of sp³-hybridized carbons (Fsp3) is 0.583. The van der Waals surface area contributed by atoms with Crippen molar-refractivity contribution >= 4 is 12.4 Å². The Morgan fingerprint density at radius 2 is 1.93 bits per heavy atom. The predicted molar refractivity (Wildman–Crippen MR) is 67.2 cm³/mol. The van der Waals surface area contributed by atoms with Crippen LogP contribution in [-0.2, 0) is 0 Å². The maximum Gasteiger partial charge on any atom is 0.0574 e. The molecule has 0 unspecified atom stereocenters. The molecule has 1 atom stereocenters. The maximum absolute atomic E-state index is 6.05. The van der Waals surface area contributed by atoms with E-state index in [0.29, 0.717) is 5.92 Å². The van der Waals surface area contributed by atoms with Crippen molar-refractivity contribution < 1.29 is 0 Å². The lowest BCUT2D eigenvalue weighted by Crippen LogP contribution is -2.13. The molecule has 1 aromatic heterocycles. The van der Waals surface area contributed by atoms with Gasteiger partial charge in [-0.3, -0.25) is 4.98 Å². The highest BCUT2D eigenvalue weighted by molar-refractivity contribution is 5.85. The van der Waals surface area contributed by atoms with E-state index in [1.807, 2.05) is 25.1 Å². The van der Waals surface area contributed by atoms with Gasteiger partial charge in [-0.05, 0) is 37.8 Å². The second-order valence-corrected chi connectivity index (χ2v) is 4.28. The topological polar surface area (TPSA) is 38.9 Å². The zero-order valence-electron chi connectivity index (χ0n) is 9.73. The molecule has 2 N–H and O–H groups in total. The van der Waals surface area contributed by atoms with Crippen molar-refractivity contribution in [3.63, 3.8) is 0 Å². The molecule has 15 heavy (non-hydrogen) atoms. The summed E-state index contributed by atoms with van der Waals surface area (Å²) in [6, 6.07) is 6.13. The second kappa shape index (κ2) is 6.81. The van der Waals surface area contributed by atoms with Crippen LogP contribution in [0.4, 0.5) is 0 Å². The summed E-state index contributed by atoms with van der Waals surface area (Å²) in [6.45, 7) is 6.44. The van der Waals surface area contributed by atoms with Crippen LogP contribution >= 0.6 is 12.4 Å². The van der Waals surface area contributed by atoms with Gasteiger partial charge in [0.25, 0.3) is 0 Å². The van der Waals surface area contributed by atoms with Crippen LogP contribution in [0, 0.1) is 12.8 Å². The summed E-state index contributed by atoms with van der Waals surface area (Å²) in [5, 5.41) is 0. The third kappa shape index (κ3) is 5.14. The molecule has 0 amide bonds. The van der Waals surface area contributed by atoms with E-state index in [4.69, 9.17) is 5.73 Å². The minimum atomic E-state index is 0. The largest absolute Gasteiger partial charge is 0.323 e. The third-order valence-corrected chi connectivity index (χ3v) is 2.34. The lowest BCUT2D eigenvalue weighted by Gasteiger charge is -2.12. The fourth-order valence-electron chi connectivity index (χ4n) is 1.43. The lowest BCUT2D eigenvalue weighted by molar-refractivity contribution is 0.501. The Bertz CT molecular complexity index is 287. The molecule has 3 heteroatoms. The van der Waals surface area contributed by atoms with Crippen LogP contribution in [-0.4, -0.2) is 4.98 Å². The van der Waals surface area contributed by atoms with Gasteiger partial charge in [0.05, 0.1) is 5.69 Å². The van der Waals surface area contributed by atoms with Gasteiger partial charge in [0.2, 0.25) is 0 Å². The van der Waals surface area contributed by atoms with E-state index in [-0.39, 0.29) is 18.4 Å². The van der Waals surface area contributed by atoms with Crippen molar-refractivity contribution in [3.8, 4) is 0 Å². The van der Waals surface area contributed by atoms with Crippen LogP contribution in [0.3, 0.4) is 0 Å². The number of hydrogen-bond donors (Lipinski definition) is 1. The van der Waals surface area contributed by atoms with Crippen LogP contribution < -0.4 is 5.73 Å². The van der Waals surface area contributed by atoms with E-state index < -0.39 is 0 Å². The van der Waals surface area contributed by atoms with Gasteiger partial charge in [0.1, 0.15) is 0 Å². The fourth-order valence-corrected chi connectivity index (χ4v) is 1.43. The number of nitrogens with two attached hydrogens (primary N) is 1. The molecule has 0 bridgehead atoms. The van der Waals surface area contributed by atoms with Gasteiger partial charge in [-0.2, -0.15) is 0 Å². The number of pyridine rings is 1. The monoisotopic (exact) mass is 228 g/mol. The average molecular weight is 229 g/mol. The molecule has 0 radical (unpaired) electrons. The SMILES string of the molecule is Cc1cccc([C@H](N)CCC(C)C)n1.Cl. The van der Waals surface area contributed by atoms with Gasteiger partial charge in [0.15, 0.2) is 0 Å². The van der Waals surface area contributed by atoms with Crippen molar-refractivity contribution in [2.45, 2.75) is 39.7 Å². The summed E-state index contributed by atoms with van der Waals surface area (Å²) in [5.41, 5.74) is 8.11. The Kier molecular flexibility index (Phi) is 6.53. The number of halogens is 1. The quantitative estimate of drug-likeness (QED) is 0.859. The highest BCUT2D eigenvalue weighted by Gasteiger charge is 2.07. The first-order valence-electron chi connectivity index (χ1n) is 5.28. The molecule has 1 aromatic rings. The molecular weight excluding hydrogens is 208 g/mol. The normalized spacial score (nSPS) is 12.3. The Morgan fingerprint density at radius 3 is 2.47 bits per heavy atom. The molecule has 0 aliphatic rings. The van der Waals surface area contributed by atoms with Crippen LogP contribution in [0.1, 0.15) is 44.1 Å². The first-order valence-corrected chi connectivity index (χ1v) is 5.28. The van der Waals surface area contributed by atoms with Crippen LogP contribution in [0.25, 0.3) is 0 Å². The summed E-state index contributed by atoms with van der Waals surface area (Å²) < 4.78 is 0. The molecule has 0 saturated carbocycles. The van der Waals surface area contributed by atoms with E-state index in [2.05, 4.69) is 18.8 Å². The zero-order valence-corrected chi connectivity index (χ0v) is 10.6. The molecule has 1 rings (SSSR count). The van der Waals surface area contributed by atoms with Crippen LogP contribution in [0.5, 0.6) is 0 Å². The molecule has 86 valence electrons. The van der Waals surface area contributed by atoms with Crippen molar-refractivity contribution in [1.29, 1.82) is 0 Å². The number of hydrogen-bond acceptors (Lipinski definition) is 2. The number of aromatic nitrogens is 1. The number of aryl methyl sites for hydroxylation is 1. The zero-order chi connectivity index (χ0) is 10.6. The Morgan fingerprint density at radius 1 is 1.27 bits per heavy atom. The highest BCUT2D eigenvalue weighted by Crippen LogP contribution is 2.16. The van der Waals surface area contributed by atoms with E-state index in [1.54, 1.807) is 0 Å². The molecular formula is C12H21ClN2. The molecule has 0 saturated heterocycles. The van der Waals surface area contributed by atoms with Crippen molar-refractivity contribution in [2.75, 3.05) is 0 Å². The average Bonchev–Trinajstić information content (AvgIpc) is 2.14. The summed E-state index contributed by atoms with van der Waals surface area (Å²) in [5.74, 6) is 0.714. The summed E-state index contributed by atoms with van der Waals surface area (Å²) >= 11 is 0. The minimum Gasteiger partial charge on any atom is -0.323 e. The van der Waals surface area contributed by atoms with Crippen LogP contribution in [0.2, 0.25) is 0 Å². The third-order valence-electron chi connectivity index (χ3n) is 2.34. The lowest BCUT2D eigenvalue weighted by atomic mass is 10.0. The first-order chi connectivity index (χ1) is 6.59. The summed E-state index contributed by atoms with van der Waals surface area (Å²) in [7, 11) is 0. The molecule has 1 heterocycles. The minimum absolute atomic E-state index is 0. The van der Waals surface area contributed by atoms with E-state index >= 15 is 0 Å². The van der Waals surface area contributed by atoms with E-state index in [0.717, 1.165) is 24.2 Å². The van der Waals surface area contributed by atoms with Gasteiger partial charge < -0.3 is 5.73 Å². The first kappa shape index (κ1) is 14.4. The number of rotatable bonds is 4. The smallest absolute Gasteiger partial charge is 0.0574 e. The molecule has 0 aromatic carbocycles. The van der Waals surface area contributed by atoms with E-state index in [1.165, 1.54) is 0 Å². The molecule has 0 aliphatic carbocycles. The van der Waals surface area contributed by atoms with Gasteiger partial charge in [0, 0.05) is 11.7 Å². The standard InChI is InChI=1S/C12H20N2.ClH/c1-9(2)7-8-11(13)12-6-4-5-10(3)14-12;/h4-6,9,11H,7-8,13H2,1-3H3;1H/t11-;/m1./s1. The van der Waals surface area contributed by atoms with Crippen molar-refractivity contribution in [3.05, 3.63) is 29.6 Å². The highest BCUT2D eigenvalue weighted by atomic mass is 35.5. The molecule has 0 spiro atoms. The van der Waals surface area contributed by atoms with Crippen LogP contribution in [0.15, 0.2) is 18.2 Å². The van der Waals surface area contributed by atoms with Gasteiger partial charge in [-0.25, -0.2) is 0 Å². The van der Waals surface area contributed by atoms with Gasteiger partial charge in [-0.1, -0.05) is 19.9 Å². The maximum atomic E-state index is 6.05. The molecule has 0 fully saturated rings. The van der Waals surface area contributed by atoms with Gasteiger partial charge >= 0.3 is 0 Å². The van der Waals surface area contributed by atoms with Crippen molar-refractivity contribution in [1.82, 2.24) is 4.98 Å². The Labute approximate surface area is 98.7 Å². The Balaban J connectivity index is 0.00000196. The van der Waals surface area contributed by atoms with E-state index in [9.17, 15) is 0 Å². The van der Waals surface area contributed by atoms with Crippen molar-refractivity contribution in [2.24, 2.45) is 11.7 Å². The molecule has 2 nitrogen and oxygen atoms in total.